The Bertz CT molecular complexity index is 1110. The summed E-state index contributed by atoms with van der Waals surface area (Å²) in [4.78, 5) is 38.3. The number of fused-ring (bicyclic) bond motifs is 1. The first-order valence-corrected chi connectivity index (χ1v) is 11.1. The van der Waals surface area contributed by atoms with E-state index in [1.165, 1.54) is 36.9 Å². The van der Waals surface area contributed by atoms with Crippen LogP contribution in [0.5, 0.6) is 0 Å². The van der Waals surface area contributed by atoms with E-state index in [0.29, 0.717) is 18.6 Å². The largest absolute Gasteiger partial charge is 0.343 e. The van der Waals surface area contributed by atoms with Gasteiger partial charge in [-0.2, -0.15) is 0 Å². The molecule has 0 radical (unpaired) electrons. The molecule has 29 heavy (non-hydrogen) atoms. The molecule has 0 aliphatic carbocycles. The van der Waals surface area contributed by atoms with E-state index in [2.05, 4.69) is 4.72 Å². The van der Waals surface area contributed by atoms with E-state index in [4.69, 9.17) is 0 Å². The molecule has 0 aliphatic heterocycles. The Morgan fingerprint density at radius 3 is 2.28 bits per heavy atom. The highest BCUT2D eigenvalue weighted by molar-refractivity contribution is 7.89. The molecule has 1 amide bonds. The summed E-state index contributed by atoms with van der Waals surface area (Å²) in [7, 11) is -1.05. The highest BCUT2D eigenvalue weighted by Gasteiger charge is 2.18. The number of hydrogen-bond donors (Lipinski definition) is 1. The lowest BCUT2D eigenvalue weighted by atomic mass is 10.2. The second-order valence-corrected chi connectivity index (χ2v) is 8.68. The molecule has 1 aromatic heterocycles. The molecule has 1 heterocycles. The first-order valence-electron chi connectivity index (χ1n) is 9.61. The van der Waals surface area contributed by atoms with Crippen molar-refractivity contribution in [2.45, 2.75) is 38.0 Å². The summed E-state index contributed by atoms with van der Waals surface area (Å²) >= 11 is 0. The predicted octanol–water partition coefficient (Wildman–Crippen LogP) is 0.554. The number of carbonyl (C=O) groups excluding carboxylic acids is 1. The van der Waals surface area contributed by atoms with Gasteiger partial charge in [0, 0.05) is 40.2 Å². The molecular weight excluding hydrogens is 396 g/mol. The number of hydrogen-bond acceptors (Lipinski definition) is 5. The molecule has 2 aromatic rings. The highest BCUT2D eigenvalue weighted by Crippen LogP contribution is 2.15. The molecule has 0 atom stereocenters. The third-order valence-electron chi connectivity index (χ3n) is 4.72. The Morgan fingerprint density at radius 2 is 1.69 bits per heavy atom. The van der Waals surface area contributed by atoms with E-state index in [9.17, 15) is 22.8 Å². The van der Waals surface area contributed by atoms with Crippen LogP contribution in [0.3, 0.4) is 0 Å². The molecule has 1 N–H and O–H groups in total. The van der Waals surface area contributed by atoms with Crippen molar-refractivity contribution in [2.75, 3.05) is 19.6 Å². The van der Waals surface area contributed by atoms with E-state index in [1.807, 2.05) is 13.8 Å². The van der Waals surface area contributed by atoms with Crippen LogP contribution in [0.4, 0.5) is 0 Å². The van der Waals surface area contributed by atoms with Crippen LogP contribution in [-0.4, -0.2) is 48.0 Å². The van der Waals surface area contributed by atoms with Crippen LogP contribution < -0.4 is 16.0 Å². The SMILES string of the molecule is CCCN(CCC)C(=O)CCNS(=O)(=O)c1ccc2c(c1)c(=O)n(C)c(=O)n2C. The van der Waals surface area contributed by atoms with Crippen molar-refractivity contribution in [2.24, 2.45) is 14.1 Å². The predicted molar refractivity (Wildman–Crippen MR) is 111 cm³/mol. The van der Waals surface area contributed by atoms with Gasteiger partial charge in [-0.1, -0.05) is 13.8 Å². The van der Waals surface area contributed by atoms with Crippen molar-refractivity contribution in [1.82, 2.24) is 18.8 Å². The maximum atomic E-state index is 12.6. The molecule has 160 valence electrons. The number of rotatable bonds is 9. The average Bonchev–Trinajstić information content (AvgIpc) is 2.69. The van der Waals surface area contributed by atoms with Crippen LogP contribution in [0, 0.1) is 0 Å². The molecule has 0 aliphatic rings. The fraction of sp³-hybridized carbons (Fsp3) is 0.526. The zero-order chi connectivity index (χ0) is 21.8. The molecular formula is C19H28N4O5S. The second-order valence-electron chi connectivity index (χ2n) is 6.91. The average molecular weight is 425 g/mol. The molecule has 10 heteroatoms. The fourth-order valence-corrected chi connectivity index (χ4v) is 4.23. The van der Waals surface area contributed by atoms with E-state index in [0.717, 1.165) is 17.4 Å². The van der Waals surface area contributed by atoms with Gasteiger partial charge >= 0.3 is 5.69 Å². The van der Waals surface area contributed by atoms with Gasteiger partial charge in [-0.05, 0) is 31.0 Å². The minimum Gasteiger partial charge on any atom is -0.343 e. The van der Waals surface area contributed by atoms with Gasteiger partial charge in [-0.25, -0.2) is 17.9 Å². The van der Waals surface area contributed by atoms with Crippen LogP contribution in [0.15, 0.2) is 32.7 Å². The number of amides is 1. The van der Waals surface area contributed by atoms with Gasteiger partial charge in [0.1, 0.15) is 0 Å². The van der Waals surface area contributed by atoms with E-state index >= 15 is 0 Å². The van der Waals surface area contributed by atoms with Gasteiger partial charge in [0.05, 0.1) is 15.8 Å². The topological polar surface area (TPSA) is 110 Å². The monoisotopic (exact) mass is 424 g/mol. The van der Waals surface area contributed by atoms with Crippen LogP contribution in [0.25, 0.3) is 10.9 Å². The van der Waals surface area contributed by atoms with Gasteiger partial charge < -0.3 is 4.90 Å². The molecule has 9 nitrogen and oxygen atoms in total. The third-order valence-corrected chi connectivity index (χ3v) is 6.18. The standard InChI is InChI=1S/C19H28N4O5S/c1-5-11-23(12-6-2)17(24)9-10-20-29(27,28)14-7-8-16-15(13-14)18(25)22(4)19(26)21(16)3/h7-8,13,20H,5-6,9-12H2,1-4H3. The summed E-state index contributed by atoms with van der Waals surface area (Å²) in [5.41, 5.74) is -0.703. The molecule has 0 saturated heterocycles. The fourth-order valence-electron chi connectivity index (χ4n) is 3.18. The molecule has 0 bridgehead atoms. The Morgan fingerprint density at radius 1 is 1.07 bits per heavy atom. The van der Waals surface area contributed by atoms with Crippen molar-refractivity contribution in [1.29, 1.82) is 0 Å². The van der Waals surface area contributed by atoms with Gasteiger partial charge in [0.25, 0.3) is 5.56 Å². The van der Waals surface area contributed by atoms with Crippen LogP contribution in [0.1, 0.15) is 33.1 Å². The second kappa shape index (κ2) is 9.36. The maximum absolute atomic E-state index is 12.6. The van der Waals surface area contributed by atoms with Gasteiger partial charge in [0.15, 0.2) is 0 Å². The number of aryl methyl sites for hydroxylation is 1. The number of carbonyl (C=O) groups is 1. The molecule has 0 saturated carbocycles. The van der Waals surface area contributed by atoms with Crippen LogP contribution >= 0.6 is 0 Å². The summed E-state index contributed by atoms with van der Waals surface area (Å²) in [6.45, 7) is 5.23. The Balaban J connectivity index is 2.21. The summed E-state index contributed by atoms with van der Waals surface area (Å²) in [6, 6.07) is 4.02. The quantitative estimate of drug-likeness (QED) is 0.632. The van der Waals surface area contributed by atoms with E-state index in [-0.39, 0.29) is 29.2 Å². The zero-order valence-electron chi connectivity index (χ0n) is 17.3. The zero-order valence-corrected chi connectivity index (χ0v) is 18.1. The normalized spacial score (nSPS) is 11.7. The third kappa shape index (κ3) is 4.94. The van der Waals surface area contributed by atoms with Gasteiger partial charge in [-0.15, -0.1) is 0 Å². The van der Waals surface area contributed by atoms with Crippen molar-refractivity contribution in [3.05, 3.63) is 39.0 Å². The van der Waals surface area contributed by atoms with Crippen LogP contribution in [0.2, 0.25) is 0 Å². The maximum Gasteiger partial charge on any atom is 0.330 e. The lowest BCUT2D eigenvalue weighted by Gasteiger charge is -2.21. The molecule has 0 spiro atoms. The first-order chi connectivity index (χ1) is 13.6. The van der Waals surface area contributed by atoms with Crippen molar-refractivity contribution < 1.29 is 13.2 Å². The van der Waals surface area contributed by atoms with Crippen molar-refractivity contribution >= 4 is 26.8 Å². The molecule has 0 fully saturated rings. The lowest BCUT2D eigenvalue weighted by Crippen LogP contribution is -2.37. The molecule has 0 unspecified atom stereocenters. The molecule has 1 aromatic carbocycles. The number of benzene rings is 1. The Kier molecular flexibility index (Phi) is 7.37. The number of sulfonamides is 1. The minimum absolute atomic E-state index is 0.0333. The van der Waals surface area contributed by atoms with Gasteiger partial charge in [-0.3, -0.25) is 18.7 Å². The van der Waals surface area contributed by atoms with Crippen molar-refractivity contribution in [3.8, 4) is 0 Å². The van der Waals surface area contributed by atoms with E-state index in [1.54, 1.807) is 4.90 Å². The summed E-state index contributed by atoms with van der Waals surface area (Å²) in [5.74, 6) is -0.0984. The Labute approximate surface area is 170 Å². The van der Waals surface area contributed by atoms with Gasteiger partial charge in [0.2, 0.25) is 15.9 Å². The minimum atomic E-state index is -3.91. The Hall–Kier alpha value is -2.46. The number of aromatic nitrogens is 2. The van der Waals surface area contributed by atoms with Crippen LogP contribution in [-0.2, 0) is 28.9 Å². The smallest absolute Gasteiger partial charge is 0.330 e. The number of nitrogens with one attached hydrogen (secondary N) is 1. The lowest BCUT2D eigenvalue weighted by molar-refractivity contribution is -0.131. The summed E-state index contributed by atoms with van der Waals surface area (Å²) in [5, 5.41) is 0.130. The first kappa shape index (κ1) is 22.8. The number of nitrogens with zero attached hydrogens (tertiary/aromatic N) is 3. The summed E-state index contributed by atoms with van der Waals surface area (Å²) < 4.78 is 29.9. The molecule has 2 rings (SSSR count). The van der Waals surface area contributed by atoms with E-state index < -0.39 is 21.3 Å². The highest BCUT2D eigenvalue weighted by atomic mass is 32.2. The summed E-state index contributed by atoms with van der Waals surface area (Å²) in [6.07, 6.45) is 1.74. The van der Waals surface area contributed by atoms with Crippen molar-refractivity contribution in [3.63, 3.8) is 0 Å².